The molecule has 0 N–H and O–H groups in total. The second-order valence-electron chi connectivity index (χ2n) is 7.33. The molecule has 0 radical (unpaired) electrons. The summed E-state index contributed by atoms with van der Waals surface area (Å²) in [6, 6.07) is 0. The van der Waals surface area contributed by atoms with Crippen LogP contribution in [-0.4, -0.2) is 19.0 Å². The van der Waals surface area contributed by atoms with Gasteiger partial charge in [0, 0.05) is 12.8 Å². The minimum atomic E-state index is -0.229. The van der Waals surface area contributed by atoms with E-state index in [0.29, 0.717) is 0 Å². The first-order chi connectivity index (χ1) is 10.3. The zero-order valence-corrected chi connectivity index (χ0v) is 14.4. The average Bonchev–Trinajstić information content (AvgIpc) is 2.92. The van der Waals surface area contributed by atoms with Gasteiger partial charge in [0.05, 0.1) is 13.2 Å². The number of rotatable bonds is 9. The van der Waals surface area contributed by atoms with Crippen LogP contribution < -0.4 is 0 Å². The van der Waals surface area contributed by atoms with E-state index in [-0.39, 0.29) is 5.79 Å². The second-order valence-corrected chi connectivity index (χ2v) is 7.33. The molecule has 21 heavy (non-hydrogen) atoms. The average molecular weight is 296 g/mol. The Balaban J connectivity index is 1.75. The highest BCUT2D eigenvalue weighted by atomic mass is 16.7. The van der Waals surface area contributed by atoms with E-state index in [9.17, 15) is 0 Å². The van der Waals surface area contributed by atoms with Gasteiger partial charge >= 0.3 is 0 Å². The molecule has 1 aliphatic heterocycles. The third-order valence-corrected chi connectivity index (χ3v) is 5.62. The molecule has 0 bridgehead atoms. The van der Waals surface area contributed by atoms with Crippen LogP contribution in [0.4, 0.5) is 0 Å². The molecule has 1 saturated heterocycles. The van der Waals surface area contributed by atoms with E-state index >= 15 is 0 Å². The first-order valence-electron chi connectivity index (χ1n) is 9.54. The fraction of sp³-hybridized carbons (Fsp3) is 1.00. The van der Waals surface area contributed by atoms with Crippen molar-refractivity contribution in [2.75, 3.05) is 13.2 Å². The van der Waals surface area contributed by atoms with Gasteiger partial charge in [0.15, 0.2) is 5.79 Å². The molecule has 2 atom stereocenters. The molecule has 2 heteroatoms. The maximum absolute atomic E-state index is 6.14. The van der Waals surface area contributed by atoms with Gasteiger partial charge in [-0.25, -0.2) is 0 Å². The monoisotopic (exact) mass is 296 g/mol. The number of hydrogen-bond acceptors (Lipinski definition) is 2. The Morgan fingerprint density at radius 2 is 1.67 bits per heavy atom. The molecule has 2 rings (SSSR count). The van der Waals surface area contributed by atoms with Gasteiger partial charge in [0.25, 0.3) is 0 Å². The molecule has 124 valence electrons. The van der Waals surface area contributed by atoms with Crippen molar-refractivity contribution in [3.05, 3.63) is 0 Å². The molecule has 1 heterocycles. The maximum Gasteiger partial charge on any atom is 0.168 e. The fourth-order valence-electron chi connectivity index (χ4n) is 4.08. The van der Waals surface area contributed by atoms with E-state index in [1.54, 1.807) is 0 Å². The van der Waals surface area contributed by atoms with Crippen molar-refractivity contribution < 1.29 is 9.47 Å². The predicted molar refractivity (Wildman–Crippen MR) is 88.4 cm³/mol. The molecule has 0 aromatic carbocycles. The lowest BCUT2D eigenvalue weighted by molar-refractivity contribution is -0.275. The van der Waals surface area contributed by atoms with Gasteiger partial charge in [-0.05, 0) is 31.1 Å². The number of unbranched alkanes of at least 4 members (excludes halogenated alkanes) is 4. The fourth-order valence-corrected chi connectivity index (χ4v) is 4.08. The van der Waals surface area contributed by atoms with E-state index in [1.807, 2.05) is 0 Å². The standard InChI is InChI=1S/C19H36O2/c1-3-4-5-6-7-13-19(20-15-9-16-21-19)14-12-18-11-8-10-17(18)2/h17-18H,3-16H2,1-2H3. The topological polar surface area (TPSA) is 18.5 Å². The zero-order valence-electron chi connectivity index (χ0n) is 14.4. The van der Waals surface area contributed by atoms with Crippen LogP contribution in [0.25, 0.3) is 0 Å². The zero-order chi connectivity index (χ0) is 15.0. The lowest BCUT2D eigenvalue weighted by Gasteiger charge is -2.38. The van der Waals surface area contributed by atoms with Crippen LogP contribution in [-0.2, 0) is 9.47 Å². The van der Waals surface area contributed by atoms with Gasteiger partial charge in [-0.3, -0.25) is 0 Å². The summed E-state index contributed by atoms with van der Waals surface area (Å²) in [7, 11) is 0. The van der Waals surface area contributed by atoms with Crippen molar-refractivity contribution in [2.45, 2.75) is 96.7 Å². The molecule has 2 unspecified atom stereocenters. The summed E-state index contributed by atoms with van der Waals surface area (Å²) in [6.07, 6.45) is 15.5. The molecule has 2 fully saturated rings. The summed E-state index contributed by atoms with van der Waals surface area (Å²) in [6.45, 7) is 6.50. The van der Waals surface area contributed by atoms with Crippen LogP contribution in [0.1, 0.15) is 90.9 Å². The van der Waals surface area contributed by atoms with Crippen molar-refractivity contribution in [3.8, 4) is 0 Å². The third-order valence-electron chi connectivity index (χ3n) is 5.62. The van der Waals surface area contributed by atoms with Crippen LogP contribution in [0.3, 0.4) is 0 Å². The van der Waals surface area contributed by atoms with E-state index < -0.39 is 0 Å². The van der Waals surface area contributed by atoms with Gasteiger partial charge in [-0.1, -0.05) is 58.8 Å². The van der Waals surface area contributed by atoms with Crippen LogP contribution >= 0.6 is 0 Å². The Morgan fingerprint density at radius 1 is 0.905 bits per heavy atom. The van der Waals surface area contributed by atoms with E-state index in [0.717, 1.165) is 44.3 Å². The van der Waals surface area contributed by atoms with Gasteiger partial charge in [-0.15, -0.1) is 0 Å². The van der Waals surface area contributed by atoms with Crippen LogP contribution in [0.15, 0.2) is 0 Å². The van der Waals surface area contributed by atoms with E-state index in [4.69, 9.17) is 9.47 Å². The Hall–Kier alpha value is -0.0800. The van der Waals surface area contributed by atoms with Crippen LogP contribution in [0.5, 0.6) is 0 Å². The highest BCUT2D eigenvalue weighted by Gasteiger charge is 2.35. The molecular weight excluding hydrogens is 260 g/mol. The molecule has 0 amide bonds. The summed E-state index contributed by atoms with van der Waals surface area (Å²) in [5, 5.41) is 0. The normalized spacial score (nSPS) is 28.9. The second kappa shape index (κ2) is 9.15. The third kappa shape index (κ3) is 5.56. The summed E-state index contributed by atoms with van der Waals surface area (Å²) >= 11 is 0. The summed E-state index contributed by atoms with van der Waals surface area (Å²) in [4.78, 5) is 0. The molecule has 1 aliphatic carbocycles. The highest BCUT2D eigenvalue weighted by molar-refractivity contribution is 4.80. The predicted octanol–water partition coefficient (Wildman–Crippen LogP) is 5.70. The van der Waals surface area contributed by atoms with Crippen LogP contribution in [0, 0.1) is 11.8 Å². The van der Waals surface area contributed by atoms with Crippen LogP contribution in [0.2, 0.25) is 0 Å². The summed E-state index contributed by atoms with van der Waals surface area (Å²) in [5.41, 5.74) is 0. The highest BCUT2D eigenvalue weighted by Crippen LogP contribution is 2.38. The Kier molecular flexibility index (Phi) is 7.53. The Morgan fingerprint density at radius 3 is 2.33 bits per heavy atom. The molecule has 2 nitrogen and oxygen atoms in total. The number of hydrogen-bond donors (Lipinski definition) is 0. The first kappa shape index (κ1) is 17.3. The number of ether oxygens (including phenoxy) is 2. The molecule has 0 aromatic rings. The van der Waals surface area contributed by atoms with Crippen molar-refractivity contribution in [2.24, 2.45) is 11.8 Å². The molecule has 2 aliphatic rings. The molecular formula is C19H36O2. The van der Waals surface area contributed by atoms with Crippen molar-refractivity contribution >= 4 is 0 Å². The first-order valence-corrected chi connectivity index (χ1v) is 9.54. The van der Waals surface area contributed by atoms with Crippen molar-refractivity contribution in [3.63, 3.8) is 0 Å². The van der Waals surface area contributed by atoms with Gasteiger partial charge < -0.3 is 9.47 Å². The Labute approximate surface area is 132 Å². The van der Waals surface area contributed by atoms with Gasteiger partial charge in [0.2, 0.25) is 0 Å². The smallest absolute Gasteiger partial charge is 0.168 e. The van der Waals surface area contributed by atoms with E-state index in [1.165, 1.54) is 57.8 Å². The van der Waals surface area contributed by atoms with Gasteiger partial charge in [-0.2, -0.15) is 0 Å². The minimum absolute atomic E-state index is 0.229. The largest absolute Gasteiger partial charge is 0.350 e. The molecule has 1 saturated carbocycles. The van der Waals surface area contributed by atoms with E-state index in [2.05, 4.69) is 13.8 Å². The molecule has 0 aromatic heterocycles. The minimum Gasteiger partial charge on any atom is -0.350 e. The Bertz CT molecular complexity index is 271. The van der Waals surface area contributed by atoms with Crippen molar-refractivity contribution in [1.82, 2.24) is 0 Å². The van der Waals surface area contributed by atoms with Gasteiger partial charge in [0.1, 0.15) is 0 Å². The lowest BCUT2D eigenvalue weighted by Crippen LogP contribution is -2.41. The molecule has 0 spiro atoms. The van der Waals surface area contributed by atoms with Crippen molar-refractivity contribution in [1.29, 1.82) is 0 Å². The maximum atomic E-state index is 6.14. The summed E-state index contributed by atoms with van der Waals surface area (Å²) in [5.74, 6) is 1.60. The summed E-state index contributed by atoms with van der Waals surface area (Å²) < 4.78 is 12.3. The SMILES string of the molecule is CCCCCCCC1(CCC2CCCC2C)OCCCO1. The lowest BCUT2D eigenvalue weighted by atomic mass is 9.89. The quantitative estimate of drug-likeness (QED) is 0.508.